The Hall–Kier alpha value is -3.93. The lowest BCUT2D eigenvalue weighted by Crippen LogP contribution is -2.30. The van der Waals surface area contributed by atoms with Crippen molar-refractivity contribution in [3.05, 3.63) is 109 Å². The van der Waals surface area contributed by atoms with Gasteiger partial charge in [-0.3, -0.25) is 14.4 Å². The molecule has 0 aromatic rings. The van der Waals surface area contributed by atoms with Crippen LogP contribution >= 0.6 is 0 Å². The summed E-state index contributed by atoms with van der Waals surface area (Å²) in [6.45, 7) is 6.33. The van der Waals surface area contributed by atoms with Gasteiger partial charge in [-0.2, -0.15) is 0 Å². The van der Waals surface area contributed by atoms with Gasteiger partial charge in [-0.15, -0.1) is 0 Å². The zero-order valence-corrected chi connectivity index (χ0v) is 44.1. The Morgan fingerprint density at radius 2 is 0.603 bits per heavy atom. The minimum absolute atomic E-state index is 0.110. The van der Waals surface area contributed by atoms with Gasteiger partial charge in [-0.1, -0.05) is 246 Å². The third-order valence-electron chi connectivity index (χ3n) is 11.5. The summed E-state index contributed by atoms with van der Waals surface area (Å²) in [4.78, 5) is 38.1. The molecule has 1 unspecified atom stereocenters. The van der Waals surface area contributed by atoms with Crippen molar-refractivity contribution >= 4 is 17.9 Å². The predicted octanol–water partition coefficient (Wildman–Crippen LogP) is 18.7. The molecule has 6 heteroatoms. The molecule has 0 saturated carbocycles. The molecule has 0 amide bonds. The Morgan fingerprint density at radius 1 is 0.309 bits per heavy atom. The molecule has 0 aliphatic heterocycles. The summed E-state index contributed by atoms with van der Waals surface area (Å²) in [5.41, 5.74) is 0. The van der Waals surface area contributed by atoms with Gasteiger partial charge in [-0.25, -0.2) is 0 Å². The van der Waals surface area contributed by atoms with Gasteiger partial charge in [0.15, 0.2) is 6.10 Å². The first-order valence-corrected chi connectivity index (χ1v) is 27.9. The van der Waals surface area contributed by atoms with Crippen LogP contribution in [0.3, 0.4) is 0 Å². The predicted molar refractivity (Wildman–Crippen MR) is 293 cm³/mol. The highest BCUT2D eigenvalue weighted by atomic mass is 16.6. The fraction of sp³-hybridized carbons (Fsp3) is 0.661. The van der Waals surface area contributed by atoms with Crippen molar-refractivity contribution in [1.82, 2.24) is 0 Å². The van der Waals surface area contributed by atoms with Crippen molar-refractivity contribution in [3.63, 3.8) is 0 Å². The smallest absolute Gasteiger partial charge is 0.306 e. The van der Waals surface area contributed by atoms with E-state index in [-0.39, 0.29) is 37.5 Å². The maximum Gasteiger partial charge on any atom is 0.306 e. The van der Waals surface area contributed by atoms with E-state index in [1.165, 1.54) is 83.5 Å². The van der Waals surface area contributed by atoms with Gasteiger partial charge in [-0.05, 0) is 89.9 Å². The average molecular weight is 943 g/mol. The second-order valence-electron chi connectivity index (χ2n) is 18.1. The third-order valence-corrected chi connectivity index (χ3v) is 11.5. The molecule has 0 saturated heterocycles. The number of unbranched alkanes of at least 4 members (excludes halogenated alkanes) is 20. The Labute approximate surface area is 419 Å². The van der Waals surface area contributed by atoms with Crippen molar-refractivity contribution in [2.45, 2.75) is 252 Å². The first-order chi connectivity index (χ1) is 33.5. The third kappa shape index (κ3) is 53.0. The van der Waals surface area contributed by atoms with Crippen LogP contribution in [0.4, 0.5) is 0 Å². The number of carbonyl (C=O) groups is 3. The zero-order chi connectivity index (χ0) is 49.3. The van der Waals surface area contributed by atoms with E-state index >= 15 is 0 Å². The van der Waals surface area contributed by atoms with Crippen molar-refractivity contribution < 1.29 is 28.6 Å². The van der Waals surface area contributed by atoms with Crippen LogP contribution in [0.1, 0.15) is 245 Å². The maximum absolute atomic E-state index is 12.8. The summed E-state index contributed by atoms with van der Waals surface area (Å²) < 4.78 is 16.8. The van der Waals surface area contributed by atoms with E-state index in [0.717, 1.165) is 116 Å². The lowest BCUT2D eigenvalue weighted by molar-refractivity contribution is -0.166. The summed E-state index contributed by atoms with van der Waals surface area (Å²) in [6, 6.07) is 0. The monoisotopic (exact) mass is 943 g/mol. The molecular weight excluding hydrogens is 841 g/mol. The van der Waals surface area contributed by atoms with E-state index in [0.29, 0.717) is 19.3 Å². The van der Waals surface area contributed by atoms with Gasteiger partial charge in [0.05, 0.1) is 0 Å². The Bertz CT molecular complexity index is 1410. The molecule has 0 aromatic heterocycles. The van der Waals surface area contributed by atoms with E-state index in [1.807, 2.05) is 12.2 Å². The molecule has 0 aromatic carbocycles. The van der Waals surface area contributed by atoms with Gasteiger partial charge >= 0.3 is 17.9 Å². The molecule has 0 heterocycles. The summed E-state index contributed by atoms with van der Waals surface area (Å²) >= 11 is 0. The number of carbonyl (C=O) groups excluding carboxylic acids is 3. The number of hydrogen-bond donors (Lipinski definition) is 0. The quantitative estimate of drug-likeness (QED) is 0.0262. The van der Waals surface area contributed by atoms with Gasteiger partial charge < -0.3 is 14.2 Å². The number of ether oxygens (including phenoxy) is 3. The van der Waals surface area contributed by atoms with Crippen LogP contribution < -0.4 is 0 Å². The van der Waals surface area contributed by atoms with Crippen molar-refractivity contribution in [1.29, 1.82) is 0 Å². The van der Waals surface area contributed by atoms with Gasteiger partial charge in [0.2, 0.25) is 0 Å². The first-order valence-electron chi connectivity index (χ1n) is 27.9. The van der Waals surface area contributed by atoms with E-state index < -0.39 is 6.10 Å². The summed E-state index contributed by atoms with van der Waals surface area (Å²) in [6.07, 6.45) is 75.2. The minimum Gasteiger partial charge on any atom is -0.462 e. The molecule has 0 fully saturated rings. The lowest BCUT2D eigenvalue weighted by atomic mass is 10.0. The van der Waals surface area contributed by atoms with Gasteiger partial charge in [0, 0.05) is 19.3 Å². The first kappa shape index (κ1) is 64.1. The Kier molecular flexibility index (Phi) is 52.4. The molecule has 0 radical (unpaired) electrons. The zero-order valence-electron chi connectivity index (χ0n) is 44.1. The summed E-state index contributed by atoms with van der Waals surface area (Å²) in [5.74, 6) is -1.01. The minimum atomic E-state index is -0.815. The van der Waals surface area contributed by atoms with Crippen LogP contribution in [0.25, 0.3) is 0 Å². The number of esters is 3. The van der Waals surface area contributed by atoms with Crippen LogP contribution in [0.5, 0.6) is 0 Å². The van der Waals surface area contributed by atoms with Crippen LogP contribution in [-0.2, 0) is 28.6 Å². The Morgan fingerprint density at radius 3 is 0.985 bits per heavy atom. The highest BCUT2D eigenvalue weighted by Crippen LogP contribution is 2.15. The lowest BCUT2D eigenvalue weighted by Gasteiger charge is -2.18. The average Bonchev–Trinajstić information content (AvgIpc) is 3.34. The summed E-state index contributed by atoms with van der Waals surface area (Å²) in [7, 11) is 0. The van der Waals surface area contributed by atoms with Crippen molar-refractivity contribution in [3.8, 4) is 0 Å². The van der Waals surface area contributed by atoms with Crippen molar-refractivity contribution in [2.24, 2.45) is 0 Å². The summed E-state index contributed by atoms with van der Waals surface area (Å²) in [5, 5.41) is 0. The topological polar surface area (TPSA) is 78.9 Å². The number of hydrogen-bond acceptors (Lipinski definition) is 6. The standard InChI is InChI=1S/C62H102O6/c1-4-7-10-13-16-19-22-25-27-29-30-31-32-33-35-37-40-43-46-49-52-55-61(64)67-58-59(57-66-60(63)54-51-48-45-42-39-36-24-21-18-15-12-9-6-3)68-62(65)56-53-50-47-44-41-38-34-28-26-23-20-17-14-11-8-5-2/h7,9-10,12,16,18-19,21,25,27,30-31,33,35-36,39,45,48,59H,4-6,8,11,13-15,17,20,22-24,26,28-29,32,34,37-38,40-44,46-47,49-58H2,1-3H3/b10-7-,12-9-,19-16-,21-18-,27-25-,31-30-,35-33-,39-36-,48-45-. The molecule has 0 bridgehead atoms. The molecule has 0 spiro atoms. The van der Waals surface area contributed by atoms with E-state index in [4.69, 9.17) is 14.2 Å². The highest BCUT2D eigenvalue weighted by molar-refractivity contribution is 5.71. The molecule has 0 aliphatic carbocycles. The Balaban J connectivity index is 4.46. The largest absolute Gasteiger partial charge is 0.462 e. The molecule has 68 heavy (non-hydrogen) atoms. The van der Waals surface area contributed by atoms with E-state index in [9.17, 15) is 14.4 Å². The molecular formula is C62H102O6. The molecule has 0 rings (SSSR count). The SMILES string of the molecule is CC/C=C\C/C=C\C/C=C\C/C=C\C/C=C\CCCCCCCC(=O)OCC(COC(=O)CC/C=C\C/C=C\C/C=C\C/C=C\CC)OC(=O)CCCCCCCCCCCCCCCCCC. The van der Waals surface area contributed by atoms with Gasteiger partial charge in [0.25, 0.3) is 0 Å². The van der Waals surface area contributed by atoms with Crippen LogP contribution in [-0.4, -0.2) is 37.2 Å². The van der Waals surface area contributed by atoms with Crippen molar-refractivity contribution in [2.75, 3.05) is 13.2 Å². The van der Waals surface area contributed by atoms with E-state index in [2.05, 4.69) is 118 Å². The number of allylic oxidation sites excluding steroid dienone is 18. The van der Waals surface area contributed by atoms with E-state index in [1.54, 1.807) is 0 Å². The van der Waals surface area contributed by atoms with Crippen LogP contribution in [0, 0.1) is 0 Å². The number of rotatable bonds is 49. The molecule has 0 aliphatic rings. The van der Waals surface area contributed by atoms with Crippen LogP contribution in [0.2, 0.25) is 0 Å². The fourth-order valence-corrected chi connectivity index (χ4v) is 7.42. The molecule has 0 N–H and O–H groups in total. The maximum atomic E-state index is 12.8. The van der Waals surface area contributed by atoms with Crippen LogP contribution in [0.15, 0.2) is 109 Å². The molecule has 1 atom stereocenters. The second-order valence-corrected chi connectivity index (χ2v) is 18.1. The highest BCUT2D eigenvalue weighted by Gasteiger charge is 2.19. The molecule has 6 nitrogen and oxygen atoms in total. The molecule has 386 valence electrons. The second kappa shape index (κ2) is 55.7. The normalized spacial score (nSPS) is 12.9. The van der Waals surface area contributed by atoms with Gasteiger partial charge in [0.1, 0.15) is 13.2 Å². The fourth-order valence-electron chi connectivity index (χ4n) is 7.42.